The van der Waals surface area contributed by atoms with Gasteiger partial charge in [0.1, 0.15) is 16.8 Å². The van der Waals surface area contributed by atoms with Crippen LogP contribution in [0.25, 0.3) is 0 Å². The van der Waals surface area contributed by atoms with Crippen LogP contribution in [-0.2, 0) is 11.8 Å². The fraction of sp³-hybridized carbons (Fsp3) is 0.318. The van der Waals surface area contributed by atoms with Crippen LogP contribution in [0.3, 0.4) is 0 Å². The number of nitrogens with zero attached hydrogens (tertiary/aromatic N) is 3. The van der Waals surface area contributed by atoms with Crippen molar-refractivity contribution in [2.75, 3.05) is 11.9 Å². The van der Waals surface area contributed by atoms with Gasteiger partial charge in [0.2, 0.25) is 5.91 Å². The first-order valence-corrected chi connectivity index (χ1v) is 10.7. The molecule has 1 heterocycles. The Hall–Kier alpha value is -2.80. The van der Waals surface area contributed by atoms with Gasteiger partial charge in [0.05, 0.1) is 12.3 Å². The number of amides is 1. The Morgan fingerprint density at radius 3 is 2.62 bits per heavy atom. The van der Waals surface area contributed by atoms with Gasteiger partial charge in [-0.05, 0) is 37.5 Å². The molecular weight excluding hydrogens is 384 g/mol. The Morgan fingerprint density at radius 1 is 1.17 bits per heavy atom. The zero-order valence-corrected chi connectivity index (χ0v) is 17.4. The summed E-state index contributed by atoms with van der Waals surface area (Å²) in [5.41, 5.74) is 1.58. The quantitative estimate of drug-likeness (QED) is 0.553. The molecular formula is C22H24N4O2S. The van der Waals surface area contributed by atoms with Gasteiger partial charge >= 0.3 is 0 Å². The summed E-state index contributed by atoms with van der Waals surface area (Å²) in [5.74, 6) is 2.05. The van der Waals surface area contributed by atoms with E-state index in [0.717, 1.165) is 29.4 Å². The summed E-state index contributed by atoms with van der Waals surface area (Å²) in [7, 11) is 1.97. The summed E-state index contributed by atoms with van der Waals surface area (Å²) in [6, 6.07) is 17.2. The minimum Gasteiger partial charge on any atom is -0.492 e. The summed E-state index contributed by atoms with van der Waals surface area (Å²) >= 11 is 1.42. The molecule has 0 radical (unpaired) electrons. The third-order valence-electron chi connectivity index (χ3n) is 4.82. The SMILES string of the molecule is CCOc1ccccc1NC(=O)[C@@H](Sc1nnc(C2CC2)n1C)c1ccccc1. The Bertz CT molecular complexity index is 985. The highest BCUT2D eigenvalue weighted by atomic mass is 32.2. The molecule has 1 atom stereocenters. The third kappa shape index (κ3) is 4.45. The average Bonchev–Trinajstić information content (AvgIpc) is 3.52. The van der Waals surface area contributed by atoms with E-state index in [4.69, 9.17) is 4.74 Å². The highest BCUT2D eigenvalue weighted by Crippen LogP contribution is 2.41. The first kappa shape index (κ1) is 19.5. The summed E-state index contributed by atoms with van der Waals surface area (Å²) in [4.78, 5) is 13.3. The van der Waals surface area contributed by atoms with Gasteiger partial charge in [0, 0.05) is 13.0 Å². The van der Waals surface area contributed by atoms with E-state index < -0.39 is 5.25 Å². The van der Waals surface area contributed by atoms with Crippen LogP contribution in [0.4, 0.5) is 5.69 Å². The summed E-state index contributed by atoms with van der Waals surface area (Å²) < 4.78 is 7.66. The summed E-state index contributed by atoms with van der Waals surface area (Å²) in [5, 5.41) is 12.0. The number of carbonyl (C=O) groups is 1. The molecule has 0 spiro atoms. The van der Waals surface area contributed by atoms with Crippen molar-refractivity contribution in [1.29, 1.82) is 0 Å². The van der Waals surface area contributed by atoms with Crippen molar-refractivity contribution < 1.29 is 9.53 Å². The number of benzene rings is 2. The van der Waals surface area contributed by atoms with Gasteiger partial charge in [-0.25, -0.2) is 0 Å². The molecule has 0 aliphatic heterocycles. The molecule has 0 saturated heterocycles. The van der Waals surface area contributed by atoms with Crippen molar-refractivity contribution in [3.63, 3.8) is 0 Å². The van der Waals surface area contributed by atoms with Gasteiger partial charge in [0.15, 0.2) is 5.16 Å². The largest absolute Gasteiger partial charge is 0.492 e. The van der Waals surface area contributed by atoms with Crippen molar-refractivity contribution in [2.24, 2.45) is 7.05 Å². The maximum Gasteiger partial charge on any atom is 0.242 e. The first-order valence-electron chi connectivity index (χ1n) is 9.81. The van der Waals surface area contributed by atoms with E-state index >= 15 is 0 Å². The zero-order valence-electron chi connectivity index (χ0n) is 16.5. The second-order valence-corrected chi connectivity index (χ2v) is 8.07. The van der Waals surface area contributed by atoms with Crippen molar-refractivity contribution >= 4 is 23.4 Å². The Morgan fingerprint density at radius 2 is 1.90 bits per heavy atom. The molecule has 150 valence electrons. The molecule has 1 saturated carbocycles. The molecule has 29 heavy (non-hydrogen) atoms. The van der Waals surface area contributed by atoms with Gasteiger partial charge in [-0.2, -0.15) is 0 Å². The third-order valence-corrected chi connectivity index (χ3v) is 6.11. The van der Waals surface area contributed by atoms with Crippen LogP contribution in [-0.4, -0.2) is 27.3 Å². The number of aromatic nitrogens is 3. The number of thioether (sulfide) groups is 1. The predicted molar refractivity (Wildman–Crippen MR) is 114 cm³/mol. The van der Waals surface area contributed by atoms with E-state index in [-0.39, 0.29) is 5.91 Å². The van der Waals surface area contributed by atoms with Gasteiger partial charge in [-0.3, -0.25) is 4.79 Å². The lowest BCUT2D eigenvalue weighted by atomic mass is 10.1. The van der Waals surface area contributed by atoms with E-state index in [9.17, 15) is 4.79 Å². The van der Waals surface area contributed by atoms with Crippen LogP contribution in [0.5, 0.6) is 5.75 Å². The lowest BCUT2D eigenvalue weighted by Crippen LogP contribution is -2.20. The average molecular weight is 409 g/mol. The number of hydrogen-bond acceptors (Lipinski definition) is 5. The monoisotopic (exact) mass is 408 g/mol. The van der Waals surface area contributed by atoms with Crippen LogP contribution < -0.4 is 10.1 Å². The van der Waals surface area contributed by atoms with E-state index in [0.29, 0.717) is 24.0 Å². The number of carbonyl (C=O) groups excluding carboxylic acids is 1. The number of anilines is 1. The molecule has 1 amide bonds. The summed E-state index contributed by atoms with van der Waals surface area (Å²) in [6.45, 7) is 2.46. The number of para-hydroxylation sites is 2. The molecule has 1 aromatic heterocycles. The highest BCUT2D eigenvalue weighted by molar-refractivity contribution is 8.00. The van der Waals surface area contributed by atoms with E-state index in [1.54, 1.807) is 0 Å². The van der Waals surface area contributed by atoms with Gasteiger partial charge in [0.25, 0.3) is 0 Å². The Labute approximate surface area is 174 Å². The fourth-order valence-corrected chi connectivity index (χ4v) is 4.19. The fourth-order valence-electron chi connectivity index (χ4n) is 3.18. The Balaban J connectivity index is 1.60. The molecule has 0 unspecified atom stereocenters. The van der Waals surface area contributed by atoms with E-state index in [1.807, 2.05) is 73.1 Å². The Kier molecular flexibility index (Phi) is 5.85. The van der Waals surface area contributed by atoms with E-state index in [2.05, 4.69) is 15.5 Å². The van der Waals surface area contributed by atoms with Crippen LogP contribution in [0, 0.1) is 0 Å². The molecule has 1 N–H and O–H groups in total. The highest BCUT2D eigenvalue weighted by Gasteiger charge is 2.31. The van der Waals surface area contributed by atoms with E-state index in [1.165, 1.54) is 11.8 Å². The number of rotatable bonds is 8. The smallest absolute Gasteiger partial charge is 0.242 e. The molecule has 2 aromatic carbocycles. The van der Waals surface area contributed by atoms with Crippen LogP contribution >= 0.6 is 11.8 Å². The van der Waals surface area contributed by atoms with Gasteiger partial charge in [-0.1, -0.05) is 54.2 Å². The van der Waals surface area contributed by atoms with Crippen molar-refractivity contribution in [1.82, 2.24) is 14.8 Å². The molecule has 1 aliphatic carbocycles. The second-order valence-electron chi connectivity index (χ2n) is 7.00. The van der Waals surface area contributed by atoms with Crippen LogP contribution in [0.2, 0.25) is 0 Å². The second kappa shape index (κ2) is 8.69. The minimum atomic E-state index is -0.458. The minimum absolute atomic E-state index is 0.121. The molecule has 1 aliphatic rings. The van der Waals surface area contributed by atoms with Crippen molar-refractivity contribution in [3.8, 4) is 5.75 Å². The first-order chi connectivity index (χ1) is 14.2. The maximum absolute atomic E-state index is 13.3. The van der Waals surface area contributed by atoms with Gasteiger partial charge in [-0.15, -0.1) is 10.2 Å². The normalized spacial score (nSPS) is 14.4. The van der Waals surface area contributed by atoms with Crippen molar-refractivity contribution in [3.05, 3.63) is 66.0 Å². The van der Waals surface area contributed by atoms with Crippen molar-refractivity contribution in [2.45, 2.75) is 36.1 Å². The number of hydrogen-bond donors (Lipinski definition) is 1. The van der Waals surface area contributed by atoms with Crippen LogP contribution in [0.1, 0.15) is 42.3 Å². The van der Waals surface area contributed by atoms with Crippen LogP contribution in [0.15, 0.2) is 59.8 Å². The lowest BCUT2D eigenvalue weighted by Gasteiger charge is -2.18. The molecule has 1 fully saturated rings. The number of ether oxygens (including phenoxy) is 1. The maximum atomic E-state index is 13.3. The molecule has 4 rings (SSSR count). The zero-order chi connectivity index (χ0) is 20.2. The lowest BCUT2D eigenvalue weighted by molar-refractivity contribution is -0.115. The number of nitrogens with one attached hydrogen (secondary N) is 1. The molecule has 0 bridgehead atoms. The molecule has 6 nitrogen and oxygen atoms in total. The topological polar surface area (TPSA) is 69.0 Å². The standard InChI is InChI=1S/C22H24N4O2S/c1-3-28-18-12-8-7-11-17(18)23-21(27)19(15-9-5-4-6-10-15)29-22-25-24-20(26(22)2)16-13-14-16/h4-12,16,19H,3,13-14H2,1-2H3,(H,23,27)/t19-/m0/s1. The molecule has 7 heteroatoms. The molecule has 3 aromatic rings. The predicted octanol–water partition coefficient (Wildman–Crippen LogP) is 4.56. The summed E-state index contributed by atoms with van der Waals surface area (Å²) in [6.07, 6.45) is 2.32. The van der Waals surface area contributed by atoms with Gasteiger partial charge < -0.3 is 14.6 Å².